The van der Waals surface area contributed by atoms with Gasteiger partial charge in [0.05, 0.1) is 0 Å². The molecule has 3 nitrogen and oxygen atoms in total. The normalized spacial score (nSPS) is 24.1. The molecular formula is C16H26N2O. The predicted octanol–water partition coefficient (Wildman–Crippen LogP) is 1.87. The monoisotopic (exact) mass is 262 g/mol. The van der Waals surface area contributed by atoms with Crippen molar-refractivity contribution in [1.82, 2.24) is 10.2 Å². The first-order valence-electron chi connectivity index (χ1n) is 7.19. The number of aliphatic hydroxyl groups is 1. The van der Waals surface area contributed by atoms with Crippen molar-refractivity contribution >= 4 is 0 Å². The standard InChI is InChI=1S/C16H26N2O/c1-16(2)12-17-15(8-9-19)11-18(13-16)10-14-6-4-3-5-7-14/h3-7,15,17,19H,8-13H2,1-2H3. The second-order valence-electron chi connectivity index (χ2n) is 6.41. The van der Waals surface area contributed by atoms with Crippen LogP contribution in [0.1, 0.15) is 25.8 Å². The Kier molecular flexibility index (Phi) is 4.97. The molecule has 2 rings (SSSR count). The third-order valence-electron chi connectivity index (χ3n) is 3.73. The Morgan fingerprint density at radius 3 is 2.74 bits per heavy atom. The molecule has 0 saturated carbocycles. The summed E-state index contributed by atoms with van der Waals surface area (Å²) < 4.78 is 0. The molecule has 19 heavy (non-hydrogen) atoms. The summed E-state index contributed by atoms with van der Waals surface area (Å²) in [6.45, 7) is 8.99. The van der Waals surface area contributed by atoms with Crippen molar-refractivity contribution in [3.63, 3.8) is 0 Å². The maximum atomic E-state index is 9.16. The zero-order valence-electron chi connectivity index (χ0n) is 12.1. The number of aliphatic hydroxyl groups excluding tert-OH is 1. The molecule has 0 bridgehead atoms. The molecule has 0 spiro atoms. The molecule has 1 aromatic carbocycles. The Morgan fingerprint density at radius 2 is 2.05 bits per heavy atom. The maximum absolute atomic E-state index is 9.16. The van der Waals surface area contributed by atoms with Crippen LogP contribution >= 0.6 is 0 Å². The summed E-state index contributed by atoms with van der Waals surface area (Å²) in [7, 11) is 0. The van der Waals surface area contributed by atoms with Gasteiger partial charge in [0.25, 0.3) is 0 Å². The van der Waals surface area contributed by atoms with Crippen molar-refractivity contribution in [1.29, 1.82) is 0 Å². The molecule has 1 heterocycles. The van der Waals surface area contributed by atoms with Crippen LogP contribution in [0.2, 0.25) is 0 Å². The number of nitrogens with one attached hydrogen (secondary N) is 1. The van der Waals surface area contributed by atoms with Crippen LogP contribution in [0.25, 0.3) is 0 Å². The van der Waals surface area contributed by atoms with E-state index in [1.165, 1.54) is 5.56 Å². The molecule has 0 amide bonds. The van der Waals surface area contributed by atoms with Crippen LogP contribution in [-0.4, -0.2) is 42.3 Å². The second kappa shape index (κ2) is 6.51. The minimum Gasteiger partial charge on any atom is -0.396 e. The molecule has 3 heteroatoms. The molecule has 1 atom stereocenters. The van der Waals surface area contributed by atoms with Crippen LogP contribution in [0.15, 0.2) is 30.3 Å². The van der Waals surface area contributed by atoms with Gasteiger partial charge in [-0.2, -0.15) is 0 Å². The molecule has 0 aliphatic carbocycles. The van der Waals surface area contributed by atoms with Crippen LogP contribution in [0.3, 0.4) is 0 Å². The third kappa shape index (κ3) is 4.60. The smallest absolute Gasteiger partial charge is 0.0446 e. The topological polar surface area (TPSA) is 35.5 Å². The van der Waals surface area contributed by atoms with E-state index < -0.39 is 0 Å². The summed E-state index contributed by atoms with van der Waals surface area (Å²) in [6.07, 6.45) is 0.835. The van der Waals surface area contributed by atoms with Crippen molar-refractivity contribution in [2.75, 3.05) is 26.2 Å². The SMILES string of the molecule is CC1(C)CNC(CCO)CN(Cc2ccccc2)C1. The number of benzene rings is 1. The lowest BCUT2D eigenvalue weighted by Crippen LogP contribution is -2.38. The lowest BCUT2D eigenvalue weighted by molar-refractivity contribution is 0.188. The summed E-state index contributed by atoms with van der Waals surface area (Å²) in [6, 6.07) is 11.0. The van der Waals surface area contributed by atoms with E-state index in [-0.39, 0.29) is 12.0 Å². The summed E-state index contributed by atoms with van der Waals surface area (Å²) in [5.74, 6) is 0. The van der Waals surface area contributed by atoms with E-state index in [0.717, 1.165) is 32.6 Å². The van der Waals surface area contributed by atoms with E-state index in [2.05, 4.69) is 54.4 Å². The van der Waals surface area contributed by atoms with E-state index in [1.54, 1.807) is 0 Å². The quantitative estimate of drug-likeness (QED) is 0.869. The van der Waals surface area contributed by atoms with Crippen LogP contribution in [0.5, 0.6) is 0 Å². The van der Waals surface area contributed by atoms with Crippen molar-refractivity contribution in [3.05, 3.63) is 35.9 Å². The summed E-state index contributed by atoms with van der Waals surface area (Å²) in [5, 5.41) is 12.7. The molecule has 2 N–H and O–H groups in total. The van der Waals surface area contributed by atoms with E-state index in [4.69, 9.17) is 5.11 Å². The molecule has 1 unspecified atom stereocenters. The summed E-state index contributed by atoms with van der Waals surface area (Å²) in [4.78, 5) is 2.51. The molecule has 0 radical (unpaired) electrons. The highest BCUT2D eigenvalue weighted by Gasteiger charge is 2.28. The van der Waals surface area contributed by atoms with E-state index >= 15 is 0 Å². The van der Waals surface area contributed by atoms with Crippen LogP contribution in [-0.2, 0) is 6.54 Å². The minimum absolute atomic E-state index is 0.261. The molecular weight excluding hydrogens is 236 g/mol. The van der Waals surface area contributed by atoms with Gasteiger partial charge in [-0.3, -0.25) is 4.90 Å². The van der Waals surface area contributed by atoms with Gasteiger partial charge in [0.2, 0.25) is 0 Å². The Labute approximate surface area is 116 Å². The van der Waals surface area contributed by atoms with Crippen LogP contribution in [0, 0.1) is 5.41 Å². The fourth-order valence-electron chi connectivity index (χ4n) is 2.83. The number of hydrogen-bond acceptors (Lipinski definition) is 3. The summed E-state index contributed by atoms with van der Waals surface area (Å²) >= 11 is 0. The van der Waals surface area contributed by atoms with Crippen LogP contribution in [0.4, 0.5) is 0 Å². The van der Waals surface area contributed by atoms with Crippen LogP contribution < -0.4 is 5.32 Å². The van der Waals surface area contributed by atoms with Gasteiger partial charge < -0.3 is 10.4 Å². The molecule has 1 aromatic rings. The number of hydrogen-bond donors (Lipinski definition) is 2. The molecule has 1 aliphatic rings. The molecule has 1 aliphatic heterocycles. The fraction of sp³-hybridized carbons (Fsp3) is 0.625. The first kappa shape index (κ1) is 14.5. The van der Waals surface area contributed by atoms with E-state index in [1.807, 2.05) is 0 Å². The first-order chi connectivity index (χ1) is 9.09. The van der Waals surface area contributed by atoms with Gasteiger partial charge in [-0.25, -0.2) is 0 Å². The van der Waals surface area contributed by atoms with Gasteiger partial charge in [0.1, 0.15) is 0 Å². The number of nitrogens with zero attached hydrogens (tertiary/aromatic N) is 1. The maximum Gasteiger partial charge on any atom is 0.0446 e. The van der Waals surface area contributed by atoms with E-state index in [9.17, 15) is 0 Å². The lowest BCUT2D eigenvalue weighted by atomic mass is 9.93. The van der Waals surface area contributed by atoms with Crippen molar-refractivity contribution in [3.8, 4) is 0 Å². The zero-order valence-corrected chi connectivity index (χ0v) is 12.1. The van der Waals surface area contributed by atoms with Crippen molar-refractivity contribution in [2.24, 2.45) is 5.41 Å². The largest absolute Gasteiger partial charge is 0.396 e. The highest BCUT2D eigenvalue weighted by Crippen LogP contribution is 2.21. The van der Waals surface area contributed by atoms with Crippen molar-refractivity contribution < 1.29 is 5.11 Å². The average Bonchev–Trinajstić information content (AvgIpc) is 2.50. The van der Waals surface area contributed by atoms with Gasteiger partial charge in [-0.05, 0) is 17.4 Å². The summed E-state index contributed by atoms with van der Waals surface area (Å²) in [5.41, 5.74) is 1.64. The van der Waals surface area contributed by atoms with Gasteiger partial charge in [0.15, 0.2) is 0 Å². The second-order valence-corrected chi connectivity index (χ2v) is 6.41. The van der Waals surface area contributed by atoms with Crippen molar-refractivity contribution in [2.45, 2.75) is 32.9 Å². The van der Waals surface area contributed by atoms with E-state index in [0.29, 0.717) is 6.04 Å². The molecule has 1 saturated heterocycles. The Balaban J connectivity index is 2.03. The lowest BCUT2D eigenvalue weighted by Gasteiger charge is -2.29. The number of rotatable bonds is 4. The predicted molar refractivity (Wildman–Crippen MR) is 79.0 cm³/mol. The average molecular weight is 262 g/mol. The third-order valence-corrected chi connectivity index (χ3v) is 3.73. The Hall–Kier alpha value is -0.900. The minimum atomic E-state index is 0.261. The molecule has 0 aromatic heterocycles. The Morgan fingerprint density at radius 1 is 1.32 bits per heavy atom. The van der Waals surface area contributed by atoms with Gasteiger partial charge in [-0.1, -0.05) is 44.2 Å². The Bertz CT molecular complexity index is 378. The fourth-order valence-corrected chi connectivity index (χ4v) is 2.83. The molecule has 106 valence electrons. The highest BCUT2D eigenvalue weighted by molar-refractivity contribution is 5.14. The van der Waals surface area contributed by atoms with Gasteiger partial charge in [0, 0.05) is 38.8 Å². The van der Waals surface area contributed by atoms with Gasteiger partial charge >= 0.3 is 0 Å². The van der Waals surface area contributed by atoms with Gasteiger partial charge in [-0.15, -0.1) is 0 Å². The zero-order chi connectivity index (χ0) is 13.7. The first-order valence-corrected chi connectivity index (χ1v) is 7.19. The molecule has 1 fully saturated rings. The highest BCUT2D eigenvalue weighted by atomic mass is 16.3.